The first kappa shape index (κ1) is 15.2. The standard InChI is InChI=1S/C14H10BrClF2O2/c15-10-4-5-12(17)9(14(10)18)7-20-13-3-1-2-11(16)8(13)6-19/h1-5,19H,6-7H2. The molecule has 6 heteroatoms. The molecule has 0 fully saturated rings. The van der Waals surface area contributed by atoms with Crippen LogP contribution >= 0.6 is 27.5 Å². The van der Waals surface area contributed by atoms with E-state index in [1.807, 2.05) is 0 Å². The van der Waals surface area contributed by atoms with Crippen LogP contribution in [-0.2, 0) is 13.2 Å². The lowest BCUT2D eigenvalue weighted by atomic mass is 10.2. The molecule has 0 radical (unpaired) electrons. The first-order valence-corrected chi connectivity index (χ1v) is 6.85. The Hall–Kier alpha value is -1.17. The van der Waals surface area contributed by atoms with Crippen LogP contribution in [0, 0.1) is 11.6 Å². The Labute approximate surface area is 128 Å². The van der Waals surface area contributed by atoms with Crippen molar-refractivity contribution < 1.29 is 18.6 Å². The Morgan fingerprint density at radius 2 is 1.90 bits per heavy atom. The summed E-state index contributed by atoms with van der Waals surface area (Å²) in [6.45, 7) is -0.622. The Morgan fingerprint density at radius 3 is 2.60 bits per heavy atom. The van der Waals surface area contributed by atoms with Crippen molar-refractivity contribution >= 4 is 27.5 Å². The van der Waals surface area contributed by atoms with Crippen molar-refractivity contribution in [3.05, 3.63) is 62.6 Å². The monoisotopic (exact) mass is 362 g/mol. The molecule has 0 atom stereocenters. The smallest absolute Gasteiger partial charge is 0.146 e. The summed E-state index contributed by atoms with van der Waals surface area (Å²) in [5.41, 5.74) is 0.188. The van der Waals surface area contributed by atoms with Crippen molar-refractivity contribution in [1.82, 2.24) is 0 Å². The van der Waals surface area contributed by atoms with Gasteiger partial charge in [-0.2, -0.15) is 0 Å². The molecule has 0 aliphatic carbocycles. The first-order chi connectivity index (χ1) is 9.54. The van der Waals surface area contributed by atoms with Crippen LogP contribution in [-0.4, -0.2) is 5.11 Å². The minimum absolute atomic E-state index is 0.158. The Bertz CT molecular complexity index is 635. The lowest BCUT2D eigenvalue weighted by molar-refractivity contribution is 0.255. The average Bonchev–Trinajstić information content (AvgIpc) is 2.43. The zero-order valence-corrected chi connectivity index (χ0v) is 12.5. The number of aliphatic hydroxyl groups is 1. The van der Waals surface area contributed by atoms with Gasteiger partial charge in [-0.05, 0) is 40.2 Å². The van der Waals surface area contributed by atoms with Gasteiger partial charge in [0, 0.05) is 10.6 Å². The van der Waals surface area contributed by atoms with Crippen LogP contribution in [0.2, 0.25) is 5.02 Å². The van der Waals surface area contributed by atoms with E-state index in [-0.39, 0.29) is 23.2 Å². The molecular formula is C14H10BrClF2O2. The van der Waals surface area contributed by atoms with Crippen LogP contribution in [0.15, 0.2) is 34.8 Å². The first-order valence-electron chi connectivity index (χ1n) is 5.68. The molecule has 106 valence electrons. The quantitative estimate of drug-likeness (QED) is 0.813. The number of ether oxygens (including phenoxy) is 1. The highest BCUT2D eigenvalue weighted by Crippen LogP contribution is 2.28. The van der Waals surface area contributed by atoms with E-state index in [0.717, 1.165) is 6.07 Å². The van der Waals surface area contributed by atoms with Gasteiger partial charge in [-0.1, -0.05) is 17.7 Å². The summed E-state index contributed by atoms with van der Waals surface area (Å²) in [5.74, 6) is -1.12. The van der Waals surface area contributed by atoms with E-state index in [4.69, 9.17) is 16.3 Å². The van der Waals surface area contributed by atoms with Crippen molar-refractivity contribution in [2.45, 2.75) is 13.2 Å². The molecule has 2 rings (SSSR count). The van der Waals surface area contributed by atoms with Crippen LogP contribution in [0.1, 0.15) is 11.1 Å². The fourth-order valence-electron chi connectivity index (χ4n) is 1.68. The fraction of sp³-hybridized carbons (Fsp3) is 0.143. The molecule has 0 heterocycles. The molecule has 0 bridgehead atoms. The number of hydrogen-bond donors (Lipinski definition) is 1. The molecule has 20 heavy (non-hydrogen) atoms. The van der Waals surface area contributed by atoms with E-state index in [0.29, 0.717) is 16.3 Å². The summed E-state index contributed by atoms with van der Waals surface area (Å²) in [6, 6.07) is 7.24. The minimum Gasteiger partial charge on any atom is -0.488 e. The lowest BCUT2D eigenvalue weighted by Crippen LogP contribution is -2.04. The van der Waals surface area contributed by atoms with E-state index in [9.17, 15) is 13.9 Å². The minimum atomic E-state index is -0.711. The molecular weight excluding hydrogens is 354 g/mol. The summed E-state index contributed by atoms with van der Waals surface area (Å²) >= 11 is 8.89. The van der Waals surface area contributed by atoms with E-state index < -0.39 is 11.6 Å². The number of benzene rings is 2. The maximum Gasteiger partial charge on any atom is 0.146 e. The van der Waals surface area contributed by atoms with E-state index in [1.54, 1.807) is 18.2 Å². The topological polar surface area (TPSA) is 29.5 Å². The van der Waals surface area contributed by atoms with Crippen molar-refractivity contribution in [1.29, 1.82) is 0 Å². The predicted molar refractivity (Wildman–Crippen MR) is 75.8 cm³/mol. The lowest BCUT2D eigenvalue weighted by Gasteiger charge is -2.12. The summed E-state index contributed by atoms with van der Waals surface area (Å²) < 4.78 is 32.9. The van der Waals surface area contributed by atoms with Gasteiger partial charge in [-0.15, -0.1) is 0 Å². The molecule has 0 aromatic heterocycles. The number of aliphatic hydroxyl groups excluding tert-OH is 1. The Balaban J connectivity index is 2.26. The summed E-state index contributed by atoms with van der Waals surface area (Å²) in [4.78, 5) is 0. The maximum absolute atomic E-state index is 13.8. The van der Waals surface area contributed by atoms with Crippen LogP contribution in [0.3, 0.4) is 0 Å². The third-order valence-corrected chi connectivity index (χ3v) is 3.71. The second kappa shape index (κ2) is 6.52. The predicted octanol–water partition coefficient (Wildman–Crippen LogP) is 4.45. The summed E-state index contributed by atoms with van der Waals surface area (Å²) in [7, 11) is 0. The zero-order chi connectivity index (χ0) is 14.7. The van der Waals surface area contributed by atoms with Gasteiger partial charge in [-0.3, -0.25) is 0 Å². The van der Waals surface area contributed by atoms with Gasteiger partial charge in [0.05, 0.1) is 16.6 Å². The van der Waals surface area contributed by atoms with Gasteiger partial charge in [-0.25, -0.2) is 8.78 Å². The van der Waals surface area contributed by atoms with Gasteiger partial charge in [0.15, 0.2) is 0 Å². The second-order valence-electron chi connectivity index (χ2n) is 3.99. The Kier molecular flexibility index (Phi) is 4.96. The van der Waals surface area contributed by atoms with Gasteiger partial charge in [0.25, 0.3) is 0 Å². The van der Waals surface area contributed by atoms with Gasteiger partial charge in [0.1, 0.15) is 24.0 Å². The molecule has 0 spiro atoms. The van der Waals surface area contributed by atoms with Crippen molar-refractivity contribution in [3.63, 3.8) is 0 Å². The van der Waals surface area contributed by atoms with Crippen LogP contribution < -0.4 is 4.74 Å². The third-order valence-electron chi connectivity index (χ3n) is 2.74. The van der Waals surface area contributed by atoms with E-state index in [2.05, 4.69) is 15.9 Å². The maximum atomic E-state index is 13.8. The number of halogens is 4. The third kappa shape index (κ3) is 3.11. The number of hydrogen-bond acceptors (Lipinski definition) is 2. The SMILES string of the molecule is OCc1c(Cl)cccc1OCc1c(F)ccc(Br)c1F. The molecule has 2 aromatic carbocycles. The van der Waals surface area contributed by atoms with Crippen LogP contribution in [0.25, 0.3) is 0 Å². The fourth-order valence-corrected chi connectivity index (χ4v) is 2.28. The van der Waals surface area contributed by atoms with Crippen molar-refractivity contribution in [3.8, 4) is 5.75 Å². The molecule has 2 aromatic rings. The normalized spacial score (nSPS) is 10.7. The Morgan fingerprint density at radius 1 is 1.15 bits per heavy atom. The molecule has 0 saturated heterocycles. The zero-order valence-electron chi connectivity index (χ0n) is 10.2. The van der Waals surface area contributed by atoms with E-state index >= 15 is 0 Å². The highest BCUT2D eigenvalue weighted by Gasteiger charge is 2.14. The van der Waals surface area contributed by atoms with Gasteiger partial charge < -0.3 is 9.84 Å². The molecule has 1 N–H and O–H groups in total. The highest BCUT2D eigenvalue weighted by molar-refractivity contribution is 9.10. The summed E-state index contributed by atoms with van der Waals surface area (Å²) in [5, 5.41) is 9.56. The molecule has 2 nitrogen and oxygen atoms in total. The molecule has 0 amide bonds. The van der Waals surface area contributed by atoms with Crippen LogP contribution in [0.5, 0.6) is 5.75 Å². The number of rotatable bonds is 4. The van der Waals surface area contributed by atoms with Gasteiger partial charge in [0.2, 0.25) is 0 Å². The average molecular weight is 364 g/mol. The van der Waals surface area contributed by atoms with Crippen molar-refractivity contribution in [2.75, 3.05) is 0 Å². The molecule has 0 aliphatic rings. The van der Waals surface area contributed by atoms with Gasteiger partial charge >= 0.3 is 0 Å². The van der Waals surface area contributed by atoms with E-state index in [1.165, 1.54) is 6.07 Å². The molecule has 0 unspecified atom stereocenters. The summed E-state index contributed by atoms with van der Waals surface area (Å²) in [6.07, 6.45) is 0. The molecule has 0 saturated carbocycles. The van der Waals surface area contributed by atoms with Crippen molar-refractivity contribution in [2.24, 2.45) is 0 Å². The van der Waals surface area contributed by atoms with Crippen LogP contribution in [0.4, 0.5) is 8.78 Å². The second-order valence-corrected chi connectivity index (χ2v) is 5.25. The highest BCUT2D eigenvalue weighted by atomic mass is 79.9. The largest absolute Gasteiger partial charge is 0.488 e. The molecule has 0 aliphatic heterocycles.